The molecular weight excluding hydrogens is 327 g/mol. The number of hydrogen-bond acceptors (Lipinski definition) is 2. The first-order chi connectivity index (χ1) is 9.75. The van der Waals surface area contributed by atoms with Crippen LogP contribution in [-0.2, 0) is 16.2 Å². The van der Waals surface area contributed by atoms with Gasteiger partial charge in [-0.05, 0) is 18.6 Å². The van der Waals surface area contributed by atoms with Crippen molar-refractivity contribution in [3.05, 3.63) is 29.8 Å². The van der Waals surface area contributed by atoms with Crippen molar-refractivity contribution in [2.45, 2.75) is 30.8 Å². The van der Waals surface area contributed by atoms with Gasteiger partial charge >= 0.3 is 6.18 Å². The van der Waals surface area contributed by atoms with Gasteiger partial charge in [-0.3, -0.25) is 0 Å². The highest BCUT2D eigenvalue weighted by Crippen LogP contribution is 2.35. The Kier molecular flexibility index (Phi) is 6.49. The van der Waals surface area contributed by atoms with Crippen LogP contribution in [0.25, 0.3) is 0 Å². The number of nitrogens with zero attached hydrogens (tertiary/aromatic N) is 1. The molecule has 0 N–H and O–H groups in total. The number of alkyl halides is 4. The highest BCUT2D eigenvalue weighted by atomic mass is 35.5. The first kappa shape index (κ1) is 18.3. The molecule has 0 amide bonds. The molecule has 0 saturated carbocycles. The second-order valence-corrected chi connectivity index (χ2v) is 6.72. The van der Waals surface area contributed by atoms with E-state index in [1.54, 1.807) is 0 Å². The molecule has 0 heterocycles. The third kappa shape index (κ3) is 4.59. The number of unbranched alkanes of at least 4 members (excludes halogenated alkanes) is 1. The molecule has 1 rings (SSSR count). The Labute approximate surface area is 127 Å². The zero-order valence-electron chi connectivity index (χ0n) is 11.5. The van der Waals surface area contributed by atoms with Crippen molar-refractivity contribution in [1.82, 2.24) is 4.31 Å². The third-order valence-corrected chi connectivity index (χ3v) is 5.03. The van der Waals surface area contributed by atoms with Crippen LogP contribution in [0.5, 0.6) is 0 Å². The normalized spacial score (nSPS) is 12.9. The van der Waals surface area contributed by atoms with Crippen LogP contribution in [0.1, 0.15) is 25.3 Å². The van der Waals surface area contributed by atoms with E-state index in [-0.39, 0.29) is 19.0 Å². The predicted molar refractivity (Wildman–Crippen MR) is 75.8 cm³/mol. The van der Waals surface area contributed by atoms with E-state index in [4.69, 9.17) is 11.6 Å². The lowest BCUT2D eigenvalue weighted by Gasteiger charge is -2.23. The molecule has 120 valence electrons. The van der Waals surface area contributed by atoms with Crippen LogP contribution in [0, 0.1) is 0 Å². The van der Waals surface area contributed by atoms with Gasteiger partial charge in [0.05, 0.1) is 10.5 Å². The van der Waals surface area contributed by atoms with Gasteiger partial charge in [-0.1, -0.05) is 25.5 Å². The number of sulfonamides is 1. The van der Waals surface area contributed by atoms with Crippen LogP contribution in [-0.4, -0.2) is 31.7 Å². The average molecular weight is 344 g/mol. The summed E-state index contributed by atoms with van der Waals surface area (Å²) < 4.78 is 64.8. The summed E-state index contributed by atoms with van der Waals surface area (Å²) in [5, 5.41) is 0. The molecule has 1 aromatic carbocycles. The Morgan fingerprint density at radius 2 is 1.81 bits per heavy atom. The van der Waals surface area contributed by atoms with Gasteiger partial charge in [-0.25, -0.2) is 8.42 Å². The summed E-state index contributed by atoms with van der Waals surface area (Å²) >= 11 is 5.57. The van der Waals surface area contributed by atoms with E-state index in [9.17, 15) is 21.6 Å². The molecule has 3 nitrogen and oxygen atoms in total. The Morgan fingerprint density at radius 3 is 2.33 bits per heavy atom. The molecule has 0 radical (unpaired) electrons. The van der Waals surface area contributed by atoms with Crippen molar-refractivity contribution in [3.63, 3.8) is 0 Å². The van der Waals surface area contributed by atoms with Gasteiger partial charge in [-0.2, -0.15) is 17.5 Å². The van der Waals surface area contributed by atoms with Crippen molar-refractivity contribution in [2.75, 3.05) is 19.0 Å². The number of hydrogen-bond donors (Lipinski definition) is 0. The fraction of sp³-hybridized carbons (Fsp3) is 0.538. The van der Waals surface area contributed by atoms with Crippen LogP contribution in [0.3, 0.4) is 0 Å². The highest BCUT2D eigenvalue weighted by Gasteiger charge is 2.38. The number of halogens is 4. The van der Waals surface area contributed by atoms with Crippen molar-refractivity contribution < 1.29 is 21.6 Å². The molecule has 0 saturated heterocycles. The molecular formula is C13H17ClF3NO2S. The van der Waals surface area contributed by atoms with Crippen LogP contribution in [0.15, 0.2) is 29.2 Å². The Bertz CT molecular complexity index is 561. The van der Waals surface area contributed by atoms with E-state index in [0.717, 1.165) is 22.9 Å². The SMILES string of the molecule is CCCCN(CCCl)S(=O)(=O)c1ccccc1C(F)(F)F. The lowest BCUT2D eigenvalue weighted by Crippen LogP contribution is -2.35. The highest BCUT2D eigenvalue weighted by molar-refractivity contribution is 7.89. The topological polar surface area (TPSA) is 37.4 Å². The summed E-state index contributed by atoms with van der Waals surface area (Å²) in [6.07, 6.45) is -3.43. The van der Waals surface area contributed by atoms with E-state index in [2.05, 4.69) is 0 Å². The van der Waals surface area contributed by atoms with Gasteiger partial charge in [0.2, 0.25) is 10.0 Å². The van der Waals surface area contributed by atoms with Gasteiger partial charge in [0.25, 0.3) is 0 Å². The third-order valence-electron chi connectivity index (χ3n) is 2.91. The van der Waals surface area contributed by atoms with Crippen LogP contribution < -0.4 is 0 Å². The second-order valence-electron chi connectivity index (χ2n) is 4.44. The zero-order chi connectivity index (χ0) is 16.1. The zero-order valence-corrected chi connectivity index (χ0v) is 13.1. The maximum atomic E-state index is 13.0. The molecule has 1 aromatic rings. The van der Waals surface area contributed by atoms with Gasteiger partial charge in [-0.15, -0.1) is 11.6 Å². The number of benzene rings is 1. The van der Waals surface area contributed by atoms with E-state index in [0.29, 0.717) is 6.42 Å². The lowest BCUT2D eigenvalue weighted by atomic mass is 10.2. The molecule has 0 spiro atoms. The molecule has 0 bridgehead atoms. The van der Waals surface area contributed by atoms with Gasteiger partial charge in [0.1, 0.15) is 0 Å². The minimum absolute atomic E-state index is 0.0178. The molecule has 0 unspecified atom stereocenters. The number of rotatable bonds is 7. The minimum Gasteiger partial charge on any atom is -0.207 e. The summed E-state index contributed by atoms with van der Waals surface area (Å²) in [7, 11) is -4.22. The van der Waals surface area contributed by atoms with Crippen LogP contribution >= 0.6 is 11.6 Å². The summed E-state index contributed by atoms with van der Waals surface area (Å²) in [5.41, 5.74) is -1.15. The minimum atomic E-state index is -4.72. The quantitative estimate of drug-likeness (QED) is 0.707. The first-order valence-corrected chi connectivity index (χ1v) is 8.45. The molecule has 0 aliphatic rings. The molecule has 0 aliphatic carbocycles. The molecule has 0 fully saturated rings. The van der Waals surface area contributed by atoms with Gasteiger partial charge in [0.15, 0.2) is 0 Å². The van der Waals surface area contributed by atoms with Gasteiger partial charge < -0.3 is 0 Å². The first-order valence-electron chi connectivity index (χ1n) is 6.47. The molecule has 21 heavy (non-hydrogen) atoms. The Morgan fingerprint density at radius 1 is 1.19 bits per heavy atom. The van der Waals surface area contributed by atoms with Crippen LogP contribution in [0.2, 0.25) is 0 Å². The smallest absolute Gasteiger partial charge is 0.207 e. The second kappa shape index (κ2) is 7.47. The lowest BCUT2D eigenvalue weighted by molar-refractivity contribution is -0.139. The van der Waals surface area contributed by atoms with Crippen molar-refractivity contribution >= 4 is 21.6 Å². The summed E-state index contributed by atoms with van der Waals surface area (Å²) in [5.74, 6) is 0.0249. The average Bonchev–Trinajstić information content (AvgIpc) is 2.42. The molecule has 0 atom stereocenters. The Balaban J connectivity index is 3.28. The monoisotopic (exact) mass is 343 g/mol. The van der Waals surface area contributed by atoms with Gasteiger partial charge in [0, 0.05) is 19.0 Å². The summed E-state index contributed by atoms with van der Waals surface area (Å²) in [4.78, 5) is -0.723. The molecule has 0 aliphatic heterocycles. The van der Waals surface area contributed by atoms with Crippen molar-refractivity contribution in [3.8, 4) is 0 Å². The summed E-state index contributed by atoms with van der Waals surface area (Å²) in [6, 6.07) is 4.19. The Hall–Kier alpha value is -0.790. The fourth-order valence-corrected chi connectivity index (χ4v) is 3.84. The van der Waals surface area contributed by atoms with E-state index in [1.165, 1.54) is 12.1 Å². The van der Waals surface area contributed by atoms with E-state index < -0.39 is 26.7 Å². The summed E-state index contributed by atoms with van der Waals surface area (Å²) in [6.45, 7) is 2.00. The maximum absolute atomic E-state index is 13.0. The van der Waals surface area contributed by atoms with E-state index >= 15 is 0 Å². The standard InChI is InChI=1S/C13H17ClF3NO2S/c1-2-3-9-18(10-8-14)21(19,20)12-7-5-4-6-11(12)13(15,16)17/h4-7H,2-3,8-10H2,1H3. The fourth-order valence-electron chi connectivity index (χ4n) is 1.85. The molecule has 8 heteroatoms. The van der Waals surface area contributed by atoms with Crippen molar-refractivity contribution in [1.29, 1.82) is 0 Å². The maximum Gasteiger partial charge on any atom is 0.417 e. The van der Waals surface area contributed by atoms with E-state index in [1.807, 2.05) is 6.92 Å². The van der Waals surface area contributed by atoms with Crippen LogP contribution in [0.4, 0.5) is 13.2 Å². The predicted octanol–water partition coefficient (Wildman–Crippen LogP) is 3.74. The largest absolute Gasteiger partial charge is 0.417 e. The molecule has 0 aromatic heterocycles. The van der Waals surface area contributed by atoms with Crippen molar-refractivity contribution in [2.24, 2.45) is 0 Å².